The first kappa shape index (κ1) is 12.2. The topological polar surface area (TPSA) is 50.7 Å². The van der Waals surface area contributed by atoms with Crippen LogP contribution in [-0.2, 0) is 0 Å². The largest absolute Gasteiger partial charge is 0.324 e. The van der Waals surface area contributed by atoms with Crippen molar-refractivity contribution in [1.82, 2.24) is 15.0 Å². The quantitative estimate of drug-likeness (QED) is 0.789. The summed E-state index contributed by atoms with van der Waals surface area (Å²) in [5.74, 6) is 0.107. The van der Waals surface area contributed by atoms with Crippen LogP contribution in [0.2, 0.25) is 0 Å². The zero-order chi connectivity index (χ0) is 13.8. The Labute approximate surface area is 115 Å². The first-order valence-electron chi connectivity index (χ1n) is 6.07. The molecule has 0 bridgehead atoms. The fourth-order valence-electron chi connectivity index (χ4n) is 1.79. The number of nitrogens with one attached hydrogen (secondary N) is 1. The summed E-state index contributed by atoms with van der Waals surface area (Å²) in [5, 5.41) is 2.97. The van der Waals surface area contributed by atoms with Crippen LogP contribution in [0.25, 0.3) is 11.3 Å². The van der Waals surface area contributed by atoms with Crippen molar-refractivity contribution < 1.29 is 4.39 Å². The van der Waals surface area contributed by atoms with Crippen LogP contribution < -0.4 is 5.32 Å². The lowest BCUT2D eigenvalue weighted by Crippen LogP contribution is -1.98. The van der Waals surface area contributed by atoms with E-state index in [0.29, 0.717) is 11.6 Å². The molecular weight excluding hydrogens is 255 g/mol. The third-order valence-electron chi connectivity index (χ3n) is 2.69. The van der Waals surface area contributed by atoms with E-state index in [1.54, 1.807) is 36.8 Å². The highest BCUT2D eigenvalue weighted by molar-refractivity contribution is 5.60. The summed E-state index contributed by atoms with van der Waals surface area (Å²) in [4.78, 5) is 12.6. The Morgan fingerprint density at radius 1 is 1.00 bits per heavy atom. The number of benzene rings is 1. The minimum atomic E-state index is -0.307. The highest BCUT2D eigenvalue weighted by atomic mass is 19.1. The second kappa shape index (κ2) is 5.44. The van der Waals surface area contributed by atoms with Gasteiger partial charge in [0.05, 0.1) is 5.69 Å². The van der Waals surface area contributed by atoms with Gasteiger partial charge in [-0.05, 0) is 36.4 Å². The van der Waals surface area contributed by atoms with Gasteiger partial charge in [0.2, 0.25) is 5.95 Å². The third-order valence-corrected chi connectivity index (χ3v) is 2.69. The summed E-state index contributed by atoms with van der Waals surface area (Å²) in [5.41, 5.74) is 2.26. The molecule has 3 rings (SSSR count). The van der Waals surface area contributed by atoms with E-state index in [4.69, 9.17) is 0 Å². The van der Waals surface area contributed by atoms with E-state index in [0.717, 1.165) is 11.3 Å². The molecule has 98 valence electrons. The van der Waals surface area contributed by atoms with Crippen molar-refractivity contribution in [3.63, 3.8) is 0 Å². The van der Waals surface area contributed by atoms with Crippen molar-refractivity contribution in [2.24, 2.45) is 0 Å². The predicted molar refractivity (Wildman–Crippen MR) is 74.9 cm³/mol. The fraction of sp³-hybridized carbons (Fsp3) is 0. The van der Waals surface area contributed by atoms with E-state index in [1.807, 2.05) is 12.1 Å². The number of pyridine rings is 1. The van der Waals surface area contributed by atoms with E-state index in [9.17, 15) is 4.39 Å². The lowest BCUT2D eigenvalue weighted by molar-refractivity contribution is 0.628. The van der Waals surface area contributed by atoms with E-state index in [1.165, 1.54) is 12.1 Å². The van der Waals surface area contributed by atoms with Crippen molar-refractivity contribution >= 4 is 11.6 Å². The molecule has 2 heterocycles. The molecule has 2 aromatic heterocycles. The van der Waals surface area contributed by atoms with Crippen LogP contribution in [0.3, 0.4) is 0 Å². The predicted octanol–water partition coefficient (Wildman–Crippen LogP) is 3.42. The molecule has 3 aromatic rings. The second-order valence-corrected chi connectivity index (χ2v) is 4.14. The Bertz CT molecular complexity index is 716. The van der Waals surface area contributed by atoms with Crippen LogP contribution in [-0.4, -0.2) is 15.0 Å². The number of halogens is 1. The number of anilines is 2. The maximum Gasteiger partial charge on any atom is 0.227 e. The molecule has 0 aliphatic heterocycles. The molecule has 0 fully saturated rings. The number of nitrogens with zero attached hydrogens (tertiary/aromatic N) is 3. The lowest BCUT2D eigenvalue weighted by Gasteiger charge is -2.06. The van der Waals surface area contributed by atoms with Gasteiger partial charge in [0.1, 0.15) is 5.82 Å². The zero-order valence-electron chi connectivity index (χ0n) is 10.5. The maximum atomic E-state index is 13.1. The monoisotopic (exact) mass is 266 g/mol. The summed E-state index contributed by atoms with van der Waals surface area (Å²) in [6, 6.07) is 11.7. The summed E-state index contributed by atoms with van der Waals surface area (Å²) in [6.45, 7) is 0. The molecule has 0 unspecified atom stereocenters. The highest BCUT2D eigenvalue weighted by Crippen LogP contribution is 2.18. The van der Waals surface area contributed by atoms with E-state index in [2.05, 4.69) is 20.3 Å². The Balaban J connectivity index is 1.88. The number of hydrogen-bond donors (Lipinski definition) is 1. The smallest absolute Gasteiger partial charge is 0.227 e. The fourth-order valence-corrected chi connectivity index (χ4v) is 1.79. The average molecular weight is 266 g/mol. The lowest BCUT2D eigenvalue weighted by atomic mass is 10.2. The maximum absolute atomic E-state index is 13.1. The molecule has 0 spiro atoms. The van der Waals surface area contributed by atoms with Crippen molar-refractivity contribution in [3.8, 4) is 11.3 Å². The Kier molecular flexibility index (Phi) is 3.33. The molecule has 5 heteroatoms. The Morgan fingerprint density at radius 2 is 1.95 bits per heavy atom. The number of hydrogen-bond acceptors (Lipinski definition) is 4. The average Bonchev–Trinajstić information content (AvgIpc) is 2.48. The van der Waals surface area contributed by atoms with Crippen molar-refractivity contribution in [3.05, 3.63) is 66.9 Å². The third kappa shape index (κ3) is 2.77. The molecule has 1 N–H and O–H groups in total. The first-order chi connectivity index (χ1) is 9.81. The molecule has 0 radical (unpaired) electrons. The van der Waals surface area contributed by atoms with Gasteiger partial charge in [0.15, 0.2) is 0 Å². The van der Waals surface area contributed by atoms with Crippen molar-refractivity contribution in [2.45, 2.75) is 0 Å². The molecule has 20 heavy (non-hydrogen) atoms. The molecule has 0 amide bonds. The van der Waals surface area contributed by atoms with E-state index >= 15 is 0 Å². The molecular formula is C15H11FN4. The minimum absolute atomic E-state index is 0.307. The minimum Gasteiger partial charge on any atom is -0.324 e. The van der Waals surface area contributed by atoms with Crippen LogP contribution in [0, 0.1) is 5.82 Å². The van der Waals surface area contributed by atoms with Crippen molar-refractivity contribution in [1.29, 1.82) is 0 Å². The molecule has 0 atom stereocenters. The Morgan fingerprint density at radius 3 is 2.75 bits per heavy atom. The van der Waals surface area contributed by atoms with Crippen LogP contribution in [0.1, 0.15) is 0 Å². The molecule has 0 aliphatic carbocycles. The first-order valence-corrected chi connectivity index (χ1v) is 6.07. The highest BCUT2D eigenvalue weighted by Gasteiger charge is 2.03. The van der Waals surface area contributed by atoms with Gasteiger partial charge in [-0.1, -0.05) is 6.07 Å². The summed E-state index contributed by atoms with van der Waals surface area (Å²) < 4.78 is 13.1. The SMILES string of the molecule is Fc1cccc(Nc2nccc(-c3cccnc3)n2)c1. The van der Waals surface area contributed by atoms with Gasteiger partial charge in [0.25, 0.3) is 0 Å². The summed E-state index contributed by atoms with van der Waals surface area (Å²) in [6.07, 6.45) is 5.09. The normalized spacial score (nSPS) is 10.2. The molecule has 4 nitrogen and oxygen atoms in total. The number of aromatic nitrogens is 3. The van der Waals surface area contributed by atoms with E-state index < -0.39 is 0 Å². The zero-order valence-corrected chi connectivity index (χ0v) is 10.5. The van der Waals surface area contributed by atoms with Gasteiger partial charge in [-0.15, -0.1) is 0 Å². The van der Waals surface area contributed by atoms with Crippen LogP contribution >= 0.6 is 0 Å². The second-order valence-electron chi connectivity index (χ2n) is 4.14. The van der Waals surface area contributed by atoms with Gasteiger partial charge in [-0.2, -0.15) is 0 Å². The molecule has 0 aliphatic rings. The number of rotatable bonds is 3. The summed E-state index contributed by atoms with van der Waals surface area (Å²) >= 11 is 0. The van der Waals surface area contributed by atoms with Gasteiger partial charge in [-0.25, -0.2) is 14.4 Å². The van der Waals surface area contributed by atoms with Gasteiger partial charge >= 0.3 is 0 Å². The van der Waals surface area contributed by atoms with Crippen LogP contribution in [0.4, 0.5) is 16.0 Å². The molecule has 0 saturated heterocycles. The molecule has 1 aromatic carbocycles. The van der Waals surface area contributed by atoms with E-state index in [-0.39, 0.29) is 5.82 Å². The van der Waals surface area contributed by atoms with Crippen LogP contribution in [0.5, 0.6) is 0 Å². The standard InChI is InChI=1S/C15H11FN4/c16-12-4-1-5-13(9-12)19-15-18-8-6-14(20-15)11-3-2-7-17-10-11/h1-10H,(H,18,19,20). The van der Waals surface area contributed by atoms with Gasteiger partial charge in [-0.3, -0.25) is 4.98 Å². The van der Waals surface area contributed by atoms with Crippen molar-refractivity contribution in [2.75, 3.05) is 5.32 Å². The molecule has 0 saturated carbocycles. The van der Waals surface area contributed by atoms with Crippen LogP contribution in [0.15, 0.2) is 61.1 Å². The summed E-state index contributed by atoms with van der Waals surface area (Å²) in [7, 11) is 0. The Hall–Kier alpha value is -2.82. The van der Waals surface area contributed by atoms with Gasteiger partial charge in [0, 0.05) is 29.8 Å². The van der Waals surface area contributed by atoms with Gasteiger partial charge < -0.3 is 5.32 Å².